The van der Waals surface area contributed by atoms with Crippen LogP contribution in [0.3, 0.4) is 0 Å². The van der Waals surface area contributed by atoms with Gasteiger partial charge in [-0.3, -0.25) is 0 Å². The van der Waals surface area contributed by atoms with Crippen LogP contribution in [0.2, 0.25) is 0 Å². The van der Waals surface area contributed by atoms with Gasteiger partial charge in [-0.05, 0) is 67.2 Å². The minimum absolute atomic E-state index is 0.333. The third-order valence-corrected chi connectivity index (χ3v) is 6.31. The number of hydrogen-bond acceptors (Lipinski definition) is 3. The number of phenols is 1. The Morgan fingerprint density at radius 1 is 0.846 bits per heavy atom. The number of hydrogen-bond donors (Lipinski definition) is 2. The molecule has 2 aromatic rings. The number of benzene rings is 2. The highest BCUT2D eigenvalue weighted by atomic mass is 16.3. The maximum atomic E-state index is 11.0. The van der Waals surface area contributed by atoms with Crippen LogP contribution in [0.1, 0.15) is 30.4 Å². The lowest BCUT2D eigenvalue weighted by Gasteiger charge is -2.26. The molecular formula is C23H29NO2. The largest absolute Gasteiger partial charge is 0.508 e. The van der Waals surface area contributed by atoms with E-state index in [1.54, 1.807) is 12.1 Å². The van der Waals surface area contributed by atoms with Crippen LogP contribution >= 0.6 is 0 Å². The summed E-state index contributed by atoms with van der Waals surface area (Å²) in [4.78, 5) is 2.55. The quantitative estimate of drug-likeness (QED) is 0.835. The lowest BCUT2D eigenvalue weighted by atomic mass is 9.91. The molecule has 1 saturated carbocycles. The number of phenolic OH excluding ortho intramolecular Hbond substituents is 1. The zero-order chi connectivity index (χ0) is 18.0. The minimum Gasteiger partial charge on any atom is -0.508 e. The average Bonchev–Trinajstić information content (AvgIpc) is 3.15. The number of aliphatic hydroxyl groups is 1. The molecule has 3 atom stereocenters. The van der Waals surface area contributed by atoms with E-state index in [0.717, 1.165) is 51.7 Å². The van der Waals surface area contributed by atoms with Crippen molar-refractivity contribution >= 4 is 0 Å². The Morgan fingerprint density at radius 2 is 1.46 bits per heavy atom. The molecular weight excluding hydrogens is 322 g/mol. The van der Waals surface area contributed by atoms with Gasteiger partial charge < -0.3 is 15.1 Å². The molecule has 1 aliphatic heterocycles. The molecule has 1 saturated heterocycles. The second-order valence-corrected chi connectivity index (χ2v) is 8.31. The summed E-state index contributed by atoms with van der Waals surface area (Å²) in [6.45, 7) is 3.31. The third-order valence-electron chi connectivity index (χ3n) is 6.31. The van der Waals surface area contributed by atoms with Gasteiger partial charge >= 0.3 is 0 Å². The van der Waals surface area contributed by atoms with Crippen molar-refractivity contribution in [3.63, 3.8) is 0 Å². The molecule has 3 nitrogen and oxygen atoms in total. The molecule has 26 heavy (non-hydrogen) atoms. The fourth-order valence-electron chi connectivity index (χ4n) is 4.92. The molecule has 0 aromatic heterocycles. The predicted octanol–water partition coefficient (Wildman–Crippen LogP) is 3.64. The van der Waals surface area contributed by atoms with Gasteiger partial charge in [0.25, 0.3) is 0 Å². The van der Waals surface area contributed by atoms with Gasteiger partial charge in [-0.2, -0.15) is 0 Å². The molecule has 0 radical (unpaired) electrons. The Bertz CT molecular complexity index is 699. The molecule has 0 amide bonds. The lowest BCUT2D eigenvalue weighted by Crippen LogP contribution is -2.31. The zero-order valence-electron chi connectivity index (χ0n) is 15.3. The molecule has 1 aliphatic carbocycles. The second-order valence-electron chi connectivity index (χ2n) is 8.31. The van der Waals surface area contributed by atoms with Gasteiger partial charge in [0.2, 0.25) is 0 Å². The standard InChI is InChI=1S/C23H29NO2/c25-22-8-6-19(7-9-22)11-13-24-16-20-14-23(26,15-21(20)17-24)12-10-18-4-2-1-3-5-18/h1-9,20-21,25-26H,10-17H2/t20-,21+,23-. The highest BCUT2D eigenvalue weighted by Crippen LogP contribution is 2.45. The Balaban J connectivity index is 1.25. The van der Waals surface area contributed by atoms with Crippen molar-refractivity contribution in [1.29, 1.82) is 0 Å². The van der Waals surface area contributed by atoms with E-state index in [4.69, 9.17) is 0 Å². The molecule has 4 rings (SSSR count). The molecule has 0 unspecified atom stereocenters. The smallest absolute Gasteiger partial charge is 0.115 e. The normalized spacial score (nSPS) is 28.3. The molecule has 138 valence electrons. The average molecular weight is 351 g/mol. The molecule has 0 bridgehead atoms. The van der Waals surface area contributed by atoms with Crippen molar-refractivity contribution in [2.45, 2.75) is 37.7 Å². The summed E-state index contributed by atoms with van der Waals surface area (Å²) in [7, 11) is 0. The van der Waals surface area contributed by atoms with Crippen molar-refractivity contribution in [2.75, 3.05) is 19.6 Å². The van der Waals surface area contributed by atoms with E-state index < -0.39 is 5.60 Å². The number of likely N-dealkylation sites (tertiary alicyclic amines) is 1. The third kappa shape index (κ3) is 4.11. The first-order valence-electron chi connectivity index (χ1n) is 9.86. The molecule has 1 heterocycles. The maximum absolute atomic E-state index is 11.0. The van der Waals surface area contributed by atoms with Crippen molar-refractivity contribution in [3.8, 4) is 5.75 Å². The fraction of sp³-hybridized carbons (Fsp3) is 0.478. The van der Waals surface area contributed by atoms with Gasteiger partial charge in [0.1, 0.15) is 5.75 Å². The Morgan fingerprint density at radius 3 is 2.12 bits per heavy atom. The molecule has 0 spiro atoms. The first-order valence-corrected chi connectivity index (χ1v) is 9.86. The van der Waals surface area contributed by atoms with E-state index in [9.17, 15) is 10.2 Å². The Hall–Kier alpha value is -1.84. The first kappa shape index (κ1) is 17.6. The van der Waals surface area contributed by atoms with Gasteiger partial charge in [0.15, 0.2) is 0 Å². The lowest BCUT2D eigenvalue weighted by molar-refractivity contribution is 0.0270. The number of aromatic hydroxyl groups is 1. The Labute approximate surface area is 156 Å². The van der Waals surface area contributed by atoms with Crippen LogP contribution in [0.15, 0.2) is 54.6 Å². The number of rotatable bonds is 6. The van der Waals surface area contributed by atoms with Crippen molar-refractivity contribution in [3.05, 3.63) is 65.7 Å². The van der Waals surface area contributed by atoms with Gasteiger partial charge in [0, 0.05) is 19.6 Å². The Kier molecular flexibility index (Phi) is 5.01. The summed E-state index contributed by atoms with van der Waals surface area (Å²) in [5.74, 6) is 1.63. The van der Waals surface area contributed by atoms with Gasteiger partial charge in [-0.1, -0.05) is 42.5 Å². The van der Waals surface area contributed by atoms with E-state index in [1.165, 1.54) is 11.1 Å². The zero-order valence-corrected chi connectivity index (χ0v) is 15.3. The van der Waals surface area contributed by atoms with Gasteiger partial charge in [0.05, 0.1) is 5.60 Å². The van der Waals surface area contributed by atoms with Crippen LogP contribution in [0.4, 0.5) is 0 Å². The molecule has 2 N–H and O–H groups in total. The van der Waals surface area contributed by atoms with Crippen LogP contribution in [-0.4, -0.2) is 40.3 Å². The first-order chi connectivity index (χ1) is 12.6. The summed E-state index contributed by atoms with van der Waals surface area (Å²) < 4.78 is 0. The van der Waals surface area contributed by atoms with Gasteiger partial charge in [-0.25, -0.2) is 0 Å². The van der Waals surface area contributed by atoms with Crippen LogP contribution in [0, 0.1) is 11.8 Å². The van der Waals surface area contributed by atoms with E-state index in [0.29, 0.717) is 17.6 Å². The fourth-order valence-corrected chi connectivity index (χ4v) is 4.92. The van der Waals surface area contributed by atoms with Crippen molar-refractivity contribution < 1.29 is 10.2 Å². The minimum atomic E-state index is -0.464. The highest BCUT2D eigenvalue weighted by Gasteiger charge is 2.47. The van der Waals surface area contributed by atoms with E-state index >= 15 is 0 Å². The monoisotopic (exact) mass is 351 g/mol. The summed E-state index contributed by atoms with van der Waals surface area (Å²) in [5.41, 5.74) is 2.14. The summed E-state index contributed by atoms with van der Waals surface area (Å²) >= 11 is 0. The highest BCUT2D eigenvalue weighted by molar-refractivity contribution is 5.26. The van der Waals surface area contributed by atoms with E-state index in [2.05, 4.69) is 29.2 Å². The van der Waals surface area contributed by atoms with Crippen LogP contribution in [0.5, 0.6) is 5.75 Å². The molecule has 3 heteroatoms. The summed E-state index contributed by atoms with van der Waals surface area (Å²) in [6, 6.07) is 18.1. The SMILES string of the molecule is Oc1ccc(CCN2C[C@@H]3C[C@@](O)(CCc4ccccc4)C[C@@H]3C2)cc1. The van der Waals surface area contributed by atoms with E-state index in [-0.39, 0.29) is 0 Å². The van der Waals surface area contributed by atoms with Crippen LogP contribution in [-0.2, 0) is 12.8 Å². The molecule has 2 fully saturated rings. The number of nitrogens with zero attached hydrogens (tertiary/aromatic N) is 1. The van der Waals surface area contributed by atoms with Crippen LogP contribution < -0.4 is 0 Å². The molecule has 2 aliphatic rings. The van der Waals surface area contributed by atoms with Gasteiger partial charge in [-0.15, -0.1) is 0 Å². The maximum Gasteiger partial charge on any atom is 0.115 e. The summed E-state index contributed by atoms with van der Waals surface area (Å²) in [6.07, 6.45) is 4.80. The summed E-state index contributed by atoms with van der Waals surface area (Å²) in [5, 5.41) is 20.4. The predicted molar refractivity (Wildman–Crippen MR) is 104 cm³/mol. The topological polar surface area (TPSA) is 43.7 Å². The number of fused-ring (bicyclic) bond motifs is 1. The van der Waals surface area contributed by atoms with E-state index in [1.807, 2.05) is 18.2 Å². The number of aryl methyl sites for hydroxylation is 1. The van der Waals surface area contributed by atoms with Crippen LogP contribution in [0.25, 0.3) is 0 Å². The second kappa shape index (κ2) is 7.42. The molecule has 2 aromatic carbocycles. The van der Waals surface area contributed by atoms with Crippen molar-refractivity contribution in [1.82, 2.24) is 4.90 Å². The van der Waals surface area contributed by atoms with Crippen molar-refractivity contribution in [2.24, 2.45) is 11.8 Å².